The summed E-state index contributed by atoms with van der Waals surface area (Å²) in [7, 11) is 0. The van der Waals surface area contributed by atoms with E-state index < -0.39 is 18.2 Å². The molecule has 7 heteroatoms. The van der Waals surface area contributed by atoms with Crippen molar-refractivity contribution in [2.75, 3.05) is 13.1 Å². The highest BCUT2D eigenvalue weighted by atomic mass is 16.7. The molecule has 1 unspecified atom stereocenters. The Morgan fingerprint density at radius 1 is 1.50 bits per heavy atom. The Hall–Kier alpha value is -1.76. The molecule has 0 aromatic carbocycles. The molecule has 0 aromatic rings. The van der Waals surface area contributed by atoms with Crippen molar-refractivity contribution in [2.45, 2.75) is 6.10 Å². The van der Waals surface area contributed by atoms with E-state index in [1.807, 2.05) is 0 Å². The van der Waals surface area contributed by atoms with Crippen LogP contribution < -0.4 is 5.48 Å². The Morgan fingerprint density at radius 3 is 2.79 bits per heavy atom. The largest absolute Gasteiger partial charge is 0.477 e. The van der Waals surface area contributed by atoms with Crippen molar-refractivity contribution in [3.8, 4) is 0 Å². The SMILES string of the molecule is O=C(O)C1=C2CN(C(=O)O)CC2ON1. The molecule has 0 radical (unpaired) electrons. The molecule has 0 aromatic heterocycles. The lowest BCUT2D eigenvalue weighted by atomic mass is 10.1. The Morgan fingerprint density at radius 2 is 2.21 bits per heavy atom. The Kier molecular flexibility index (Phi) is 1.81. The van der Waals surface area contributed by atoms with Gasteiger partial charge in [0.2, 0.25) is 0 Å². The predicted octanol–water partition coefficient (Wildman–Crippen LogP) is -0.778. The van der Waals surface area contributed by atoms with E-state index in [-0.39, 0.29) is 18.8 Å². The molecular formula is C7H8N2O5. The number of carboxylic acid groups (broad SMARTS) is 2. The lowest BCUT2D eigenvalue weighted by molar-refractivity contribution is -0.134. The van der Waals surface area contributed by atoms with E-state index in [9.17, 15) is 9.59 Å². The minimum Gasteiger partial charge on any atom is -0.477 e. The second-order valence-electron chi connectivity index (χ2n) is 3.08. The number of nitrogens with zero attached hydrogens (tertiary/aromatic N) is 1. The monoisotopic (exact) mass is 200 g/mol. The number of amides is 1. The molecule has 1 atom stereocenters. The molecule has 1 fully saturated rings. The minimum absolute atomic E-state index is 0.0428. The highest BCUT2D eigenvalue weighted by Crippen LogP contribution is 2.25. The first-order valence-electron chi connectivity index (χ1n) is 3.95. The summed E-state index contributed by atoms with van der Waals surface area (Å²) in [6.07, 6.45) is -1.53. The summed E-state index contributed by atoms with van der Waals surface area (Å²) in [5.74, 6) is -1.13. The third-order valence-corrected chi connectivity index (χ3v) is 2.24. The van der Waals surface area contributed by atoms with E-state index in [1.165, 1.54) is 0 Å². The number of hydrogen-bond acceptors (Lipinski definition) is 4. The second kappa shape index (κ2) is 2.88. The van der Waals surface area contributed by atoms with Crippen molar-refractivity contribution >= 4 is 12.1 Å². The number of carbonyl (C=O) groups is 2. The maximum absolute atomic E-state index is 10.7. The summed E-state index contributed by atoms with van der Waals surface area (Å²) in [6.45, 7) is 0.267. The third-order valence-electron chi connectivity index (χ3n) is 2.24. The summed E-state index contributed by atoms with van der Waals surface area (Å²) < 4.78 is 0. The van der Waals surface area contributed by atoms with Crippen LogP contribution in [-0.4, -0.2) is 46.4 Å². The van der Waals surface area contributed by atoms with Gasteiger partial charge in [-0.2, -0.15) is 0 Å². The molecule has 0 spiro atoms. The number of fused-ring (bicyclic) bond motifs is 1. The van der Waals surface area contributed by atoms with Crippen LogP contribution in [-0.2, 0) is 9.63 Å². The minimum atomic E-state index is -1.13. The average molecular weight is 200 g/mol. The molecule has 1 amide bonds. The molecule has 2 aliphatic heterocycles. The van der Waals surface area contributed by atoms with Crippen molar-refractivity contribution in [2.24, 2.45) is 0 Å². The summed E-state index contributed by atoms with van der Waals surface area (Å²) in [4.78, 5) is 27.3. The summed E-state index contributed by atoms with van der Waals surface area (Å²) in [5, 5.41) is 17.4. The van der Waals surface area contributed by atoms with Crippen LogP contribution in [0.3, 0.4) is 0 Å². The number of carboxylic acids is 1. The zero-order valence-electron chi connectivity index (χ0n) is 7.06. The fourth-order valence-corrected chi connectivity index (χ4v) is 1.55. The number of likely N-dealkylation sites (tertiary alicyclic amines) is 1. The molecule has 14 heavy (non-hydrogen) atoms. The van der Waals surface area contributed by atoms with E-state index in [0.717, 1.165) is 4.90 Å². The topological polar surface area (TPSA) is 99.1 Å². The van der Waals surface area contributed by atoms with Crippen LogP contribution in [0, 0.1) is 0 Å². The highest BCUT2D eigenvalue weighted by Gasteiger charge is 2.39. The molecule has 0 bridgehead atoms. The lowest BCUT2D eigenvalue weighted by Gasteiger charge is -2.11. The van der Waals surface area contributed by atoms with Crippen LogP contribution in [0.15, 0.2) is 11.3 Å². The van der Waals surface area contributed by atoms with Gasteiger partial charge < -0.3 is 15.1 Å². The molecule has 2 aliphatic rings. The van der Waals surface area contributed by atoms with Gasteiger partial charge in [-0.05, 0) is 0 Å². The van der Waals surface area contributed by atoms with Crippen molar-refractivity contribution < 1.29 is 24.6 Å². The normalized spacial score (nSPS) is 24.9. The molecule has 2 rings (SSSR count). The van der Waals surface area contributed by atoms with Crippen LogP contribution >= 0.6 is 0 Å². The quantitative estimate of drug-likeness (QED) is 0.513. The second-order valence-corrected chi connectivity index (χ2v) is 3.08. The molecular weight excluding hydrogens is 192 g/mol. The maximum Gasteiger partial charge on any atom is 0.407 e. The van der Waals surface area contributed by atoms with Gasteiger partial charge in [0.25, 0.3) is 0 Å². The molecule has 3 N–H and O–H groups in total. The number of rotatable bonds is 1. The van der Waals surface area contributed by atoms with E-state index in [2.05, 4.69) is 5.48 Å². The van der Waals surface area contributed by atoms with Gasteiger partial charge in [-0.1, -0.05) is 0 Å². The Labute approximate surface area is 78.5 Å². The van der Waals surface area contributed by atoms with Crippen molar-refractivity contribution in [3.63, 3.8) is 0 Å². The Balaban J connectivity index is 2.23. The van der Waals surface area contributed by atoms with Gasteiger partial charge in [-0.25, -0.2) is 9.59 Å². The first-order chi connectivity index (χ1) is 6.59. The van der Waals surface area contributed by atoms with Crippen LogP contribution in [0.5, 0.6) is 0 Å². The predicted molar refractivity (Wildman–Crippen MR) is 42.3 cm³/mol. The molecule has 76 valence electrons. The van der Waals surface area contributed by atoms with E-state index >= 15 is 0 Å². The average Bonchev–Trinajstić information content (AvgIpc) is 2.58. The zero-order valence-corrected chi connectivity index (χ0v) is 7.06. The van der Waals surface area contributed by atoms with Crippen LogP contribution in [0.4, 0.5) is 4.79 Å². The lowest BCUT2D eigenvalue weighted by Crippen LogP contribution is -2.30. The summed E-state index contributed by atoms with van der Waals surface area (Å²) in [6, 6.07) is 0. The van der Waals surface area contributed by atoms with Crippen LogP contribution in [0.25, 0.3) is 0 Å². The third kappa shape index (κ3) is 1.18. The van der Waals surface area contributed by atoms with E-state index in [1.54, 1.807) is 0 Å². The van der Waals surface area contributed by atoms with Gasteiger partial charge in [0.1, 0.15) is 11.8 Å². The maximum atomic E-state index is 10.7. The number of hydrogen-bond donors (Lipinski definition) is 3. The fourth-order valence-electron chi connectivity index (χ4n) is 1.55. The fraction of sp³-hybridized carbons (Fsp3) is 0.429. The van der Waals surface area contributed by atoms with Crippen LogP contribution in [0.1, 0.15) is 0 Å². The standard InChI is InChI=1S/C7H8N2O5/c10-6(11)5-3-1-9(7(12)13)2-4(3)14-8-5/h4,8H,1-2H2,(H,10,11)(H,12,13). The van der Waals surface area contributed by atoms with Crippen molar-refractivity contribution in [3.05, 3.63) is 11.3 Å². The van der Waals surface area contributed by atoms with Gasteiger partial charge in [0, 0.05) is 5.57 Å². The molecule has 0 aliphatic carbocycles. The van der Waals surface area contributed by atoms with Crippen LogP contribution in [0.2, 0.25) is 0 Å². The van der Waals surface area contributed by atoms with Gasteiger partial charge in [0.05, 0.1) is 13.1 Å². The van der Waals surface area contributed by atoms with Crippen molar-refractivity contribution in [1.29, 1.82) is 0 Å². The highest BCUT2D eigenvalue weighted by molar-refractivity contribution is 5.87. The van der Waals surface area contributed by atoms with Gasteiger partial charge in [-0.3, -0.25) is 10.3 Å². The number of aliphatic carboxylic acids is 1. The van der Waals surface area contributed by atoms with E-state index in [4.69, 9.17) is 15.1 Å². The summed E-state index contributed by atoms with van der Waals surface area (Å²) in [5.41, 5.74) is 2.72. The van der Waals surface area contributed by atoms with Crippen molar-refractivity contribution in [1.82, 2.24) is 10.4 Å². The first kappa shape index (κ1) is 8.82. The molecule has 2 heterocycles. The molecule has 0 saturated carbocycles. The van der Waals surface area contributed by atoms with Gasteiger partial charge in [-0.15, -0.1) is 0 Å². The zero-order chi connectivity index (χ0) is 10.3. The molecule has 1 saturated heterocycles. The first-order valence-corrected chi connectivity index (χ1v) is 3.95. The summed E-state index contributed by atoms with van der Waals surface area (Å²) >= 11 is 0. The smallest absolute Gasteiger partial charge is 0.407 e. The van der Waals surface area contributed by atoms with Gasteiger partial charge >= 0.3 is 12.1 Å². The molecule has 7 nitrogen and oxygen atoms in total. The van der Waals surface area contributed by atoms with E-state index in [0.29, 0.717) is 5.57 Å². The Bertz CT molecular complexity index is 337. The number of nitrogens with one attached hydrogen (secondary N) is 1. The number of hydroxylamine groups is 1. The van der Waals surface area contributed by atoms with Gasteiger partial charge in [0.15, 0.2) is 0 Å².